The summed E-state index contributed by atoms with van der Waals surface area (Å²) in [5.41, 5.74) is 3.89. The van der Waals surface area contributed by atoms with E-state index in [1.54, 1.807) is 24.3 Å². The molecule has 1 N–H and O–H groups in total. The van der Waals surface area contributed by atoms with Crippen LogP contribution in [0.2, 0.25) is 0 Å². The Hall–Kier alpha value is -4.78. The monoisotopic (exact) mass is 571 g/mol. The van der Waals surface area contributed by atoms with E-state index >= 15 is 0 Å². The van der Waals surface area contributed by atoms with Crippen LogP contribution in [0.1, 0.15) is 11.1 Å². The van der Waals surface area contributed by atoms with E-state index in [2.05, 4.69) is 15.3 Å². The van der Waals surface area contributed by atoms with Crippen LogP contribution >= 0.6 is 0 Å². The lowest BCUT2D eigenvalue weighted by Gasteiger charge is -2.24. The van der Waals surface area contributed by atoms with Crippen molar-refractivity contribution in [1.29, 1.82) is 0 Å². The van der Waals surface area contributed by atoms with Gasteiger partial charge in [0.2, 0.25) is 0 Å². The molecule has 0 unspecified atom stereocenters. The first-order chi connectivity index (χ1) is 19.1. The van der Waals surface area contributed by atoms with Crippen molar-refractivity contribution in [2.45, 2.75) is 11.8 Å². The second-order valence-corrected chi connectivity index (χ2v) is 9.99. The molecule has 3 rings (SSSR count). The Balaban J connectivity index is 1.85. The third-order valence-corrected chi connectivity index (χ3v) is 7.29. The number of carbonyl (C=O) groups is 2. The van der Waals surface area contributed by atoms with Crippen LogP contribution in [-0.2, 0) is 19.6 Å². The second kappa shape index (κ2) is 13.3. The van der Waals surface area contributed by atoms with E-state index in [1.165, 1.54) is 71.1 Å². The first-order valence-electron chi connectivity index (χ1n) is 11.7. The lowest BCUT2D eigenvalue weighted by atomic mass is 10.2. The molecule has 0 bridgehead atoms. The van der Waals surface area contributed by atoms with Crippen molar-refractivity contribution >= 4 is 34.0 Å². The van der Waals surface area contributed by atoms with E-state index in [0.717, 1.165) is 9.87 Å². The summed E-state index contributed by atoms with van der Waals surface area (Å²) in [6.07, 6.45) is 0.406. The van der Waals surface area contributed by atoms with Gasteiger partial charge in [-0.05, 0) is 55.0 Å². The van der Waals surface area contributed by atoms with Crippen molar-refractivity contribution in [3.63, 3.8) is 0 Å². The molecule has 0 spiro atoms. The number of nitrogens with one attached hydrogen (secondary N) is 1. The number of anilines is 1. The highest BCUT2D eigenvalue weighted by Crippen LogP contribution is 2.34. The summed E-state index contributed by atoms with van der Waals surface area (Å²) in [5.74, 6) is 0.328. The van der Waals surface area contributed by atoms with Gasteiger partial charge in [-0.1, -0.05) is 17.7 Å². The van der Waals surface area contributed by atoms with Gasteiger partial charge in [-0.25, -0.2) is 18.6 Å². The minimum absolute atomic E-state index is 0.00513. The van der Waals surface area contributed by atoms with Gasteiger partial charge in [-0.15, -0.1) is 0 Å². The summed E-state index contributed by atoms with van der Waals surface area (Å²) in [4.78, 5) is 24.3. The zero-order valence-electron chi connectivity index (χ0n) is 22.5. The number of benzene rings is 3. The van der Waals surface area contributed by atoms with Crippen LogP contribution in [0.3, 0.4) is 0 Å². The van der Waals surface area contributed by atoms with E-state index in [-0.39, 0.29) is 27.8 Å². The summed E-state index contributed by atoms with van der Waals surface area (Å²) in [6, 6.07) is 15.3. The Bertz CT molecular complexity index is 1490. The molecule has 13 heteroatoms. The van der Waals surface area contributed by atoms with Gasteiger partial charge < -0.3 is 23.7 Å². The minimum atomic E-state index is -4.16. The first kappa shape index (κ1) is 29.8. The molecule has 3 aromatic carbocycles. The summed E-state index contributed by atoms with van der Waals surface area (Å²) >= 11 is 0. The Labute approximate surface area is 232 Å². The molecule has 3 aromatic rings. The summed E-state index contributed by atoms with van der Waals surface area (Å²) < 4.78 is 53.4. The maximum atomic E-state index is 13.6. The van der Waals surface area contributed by atoms with Crippen LogP contribution in [0.5, 0.6) is 23.0 Å². The molecule has 0 fully saturated rings. The van der Waals surface area contributed by atoms with Crippen molar-refractivity contribution in [1.82, 2.24) is 5.43 Å². The molecule has 0 saturated heterocycles. The van der Waals surface area contributed by atoms with Crippen molar-refractivity contribution in [3.8, 4) is 23.0 Å². The highest BCUT2D eigenvalue weighted by Gasteiger charge is 2.28. The van der Waals surface area contributed by atoms with Crippen LogP contribution in [0.15, 0.2) is 70.7 Å². The Kier molecular flexibility index (Phi) is 9.92. The van der Waals surface area contributed by atoms with E-state index in [0.29, 0.717) is 11.3 Å². The van der Waals surface area contributed by atoms with Crippen molar-refractivity contribution < 1.29 is 41.7 Å². The average molecular weight is 572 g/mol. The number of amides is 1. The molecule has 0 radical (unpaired) electrons. The Morgan fingerprint density at radius 1 is 0.850 bits per heavy atom. The molecular weight excluding hydrogens is 542 g/mol. The van der Waals surface area contributed by atoms with Crippen LogP contribution in [0, 0.1) is 6.92 Å². The highest BCUT2D eigenvalue weighted by atomic mass is 32.2. The number of sulfonamides is 1. The number of aryl methyl sites for hydroxylation is 1. The molecule has 212 valence electrons. The van der Waals surface area contributed by atoms with E-state index in [9.17, 15) is 18.0 Å². The van der Waals surface area contributed by atoms with E-state index in [1.807, 2.05) is 6.92 Å². The number of rotatable bonds is 11. The molecule has 0 aromatic heterocycles. The fourth-order valence-electron chi connectivity index (χ4n) is 3.46. The zero-order chi connectivity index (χ0) is 29.3. The molecule has 1 amide bonds. The normalized spacial score (nSPS) is 11.0. The predicted octanol–water partition coefficient (Wildman–Crippen LogP) is 3.51. The van der Waals surface area contributed by atoms with Gasteiger partial charge in [0.15, 0.2) is 23.0 Å². The second-order valence-electron chi connectivity index (χ2n) is 8.12. The predicted molar refractivity (Wildman–Crippen MR) is 147 cm³/mol. The molecule has 0 atom stereocenters. The minimum Gasteiger partial charge on any atom is -0.493 e. The summed E-state index contributed by atoms with van der Waals surface area (Å²) in [5, 5.41) is 3.92. The van der Waals surface area contributed by atoms with Crippen LogP contribution in [0.25, 0.3) is 0 Å². The molecule has 0 aliphatic rings. The van der Waals surface area contributed by atoms with Crippen LogP contribution < -0.4 is 28.7 Å². The quantitative estimate of drug-likeness (QED) is 0.158. The van der Waals surface area contributed by atoms with Gasteiger partial charge in [0, 0.05) is 6.07 Å². The zero-order valence-corrected chi connectivity index (χ0v) is 23.4. The van der Waals surface area contributed by atoms with Crippen LogP contribution in [-0.4, -0.2) is 61.7 Å². The van der Waals surface area contributed by atoms with Gasteiger partial charge in [0.05, 0.1) is 45.2 Å². The molecule has 0 saturated carbocycles. The Morgan fingerprint density at radius 3 is 2.10 bits per heavy atom. The number of hydrogen-bond donors (Lipinski definition) is 1. The van der Waals surface area contributed by atoms with Gasteiger partial charge in [0.25, 0.3) is 15.9 Å². The third kappa shape index (κ3) is 7.20. The van der Waals surface area contributed by atoms with Crippen molar-refractivity contribution in [2.75, 3.05) is 39.3 Å². The van der Waals surface area contributed by atoms with Gasteiger partial charge >= 0.3 is 6.16 Å². The average Bonchev–Trinajstić information content (AvgIpc) is 2.96. The number of hydrogen-bond acceptors (Lipinski definition) is 10. The molecule has 0 aliphatic heterocycles. The number of hydrazone groups is 1. The van der Waals surface area contributed by atoms with E-state index in [4.69, 9.17) is 18.9 Å². The maximum Gasteiger partial charge on any atom is 0.513 e. The number of carbonyl (C=O) groups excluding carboxylic acids is 2. The Morgan fingerprint density at radius 2 is 1.48 bits per heavy atom. The fourth-order valence-corrected chi connectivity index (χ4v) is 4.87. The number of nitrogens with zero attached hydrogens (tertiary/aromatic N) is 2. The van der Waals surface area contributed by atoms with Crippen LogP contribution in [0.4, 0.5) is 10.5 Å². The maximum absolute atomic E-state index is 13.6. The van der Waals surface area contributed by atoms with Gasteiger partial charge in [-0.3, -0.25) is 9.10 Å². The SMILES string of the molecule is COC(=O)Oc1ccc(C=NNC(=O)CN(c2ccc(OC)c(OC)c2)S(=O)(=O)c2ccc(C)cc2)cc1OC. The first-order valence-corrected chi connectivity index (χ1v) is 13.1. The molecule has 0 heterocycles. The number of methoxy groups -OCH3 is 4. The largest absolute Gasteiger partial charge is 0.513 e. The summed E-state index contributed by atoms with van der Waals surface area (Å²) in [6.45, 7) is 1.25. The van der Waals surface area contributed by atoms with E-state index < -0.39 is 28.6 Å². The lowest BCUT2D eigenvalue weighted by molar-refractivity contribution is -0.119. The van der Waals surface area contributed by atoms with Crippen molar-refractivity contribution in [2.24, 2.45) is 5.10 Å². The highest BCUT2D eigenvalue weighted by molar-refractivity contribution is 7.92. The van der Waals surface area contributed by atoms with Gasteiger partial charge in [0.1, 0.15) is 6.54 Å². The molecule has 12 nitrogen and oxygen atoms in total. The number of ether oxygens (including phenoxy) is 5. The molecule has 40 heavy (non-hydrogen) atoms. The third-order valence-electron chi connectivity index (χ3n) is 5.50. The molecule has 0 aliphatic carbocycles. The topological polar surface area (TPSA) is 142 Å². The summed E-state index contributed by atoms with van der Waals surface area (Å²) in [7, 11) is 1.29. The smallest absolute Gasteiger partial charge is 0.493 e. The lowest BCUT2D eigenvalue weighted by Crippen LogP contribution is -2.39. The fraction of sp³-hybridized carbons (Fsp3) is 0.222. The standard InChI is InChI=1S/C27H29N3O9S/c1-18-6-10-21(11-7-18)40(33,34)30(20-9-13-22(35-2)25(15-20)37-4)17-26(31)29-28-16-19-8-12-23(24(14-19)36-3)39-27(32)38-5/h6-16H,17H2,1-5H3,(H,29,31). The van der Waals surface area contributed by atoms with Gasteiger partial charge in [-0.2, -0.15) is 5.10 Å². The van der Waals surface area contributed by atoms with Crippen molar-refractivity contribution in [3.05, 3.63) is 71.8 Å². The molecular formula is C27H29N3O9S.